The van der Waals surface area contributed by atoms with Gasteiger partial charge in [-0.1, -0.05) is 12.1 Å². The molecule has 3 aliphatic rings. The summed E-state index contributed by atoms with van der Waals surface area (Å²) in [6.07, 6.45) is -3.94. The molecule has 5 rings (SSSR count). The fraction of sp³-hybridized carbons (Fsp3) is 0.360. The van der Waals surface area contributed by atoms with Gasteiger partial charge in [0.05, 0.1) is 5.56 Å². The van der Waals surface area contributed by atoms with Crippen molar-refractivity contribution in [2.75, 3.05) is 30.4 Å². The molecule has 0 aromatic heterocycles. The number of nitrogens with one attached hydrogen (secondary N) is 2. The van der Waals surface area contributed by atoms with E-state index in [1.807, 2.05) is 0 Å². The lowest BCUT2D eigenvalue weighted by atomic mass is 9.94. The summed E-state index contributed by atoms with van der Waals surface area (Å²) in [4.78, 5) is 52.9. The van der Waals surface area contributed by atoms with Crippen molar-refractivity contribution in [1.29, 1.82) is 0 Å². The topological polar surface area (TPSA) is 108 Å². The van der Waals surface area contributed by atoms with Crippen molar-refractivity contribution in [3.05, 3.63) is 58.7 Å². The summed E-state index contributed by atoms with van der Waals surface area (Å²) >= 11 is 0. The first-order valence-corrected chi connectivity index (χ1v) is 11.7. The molecule has 37 heavy (non-hydrogen) atoms. The number of carbonyl (C=O) groups excluding carboxylic acids is 4. The summed E-state index contributed by atoms with van der Waals surface area (Å²) in [6.45, 7) is -0.486. The number of imide groups is 1. The maximum absolute atomic E-state index is 13.4. The maximum atomic E-state index is 13.4. The van der Waals surface area contributed by atoms with Crippen molar-refractivity contribution in [3.8, 4) is 0 Å². The number of fused-ring (bicyclic) bond motifs is 3. The third-order valence-corrected chi connectivity index (χ3v) is 6.97. The van der Waals surface area contributed by atoms with Gasteiger partial charge in [-0.25, -0.2) is 14.5 Å². The number of amides is 5. The van der Waals surface area contributed by atoms with Crippen molar-refractivity contribution in [2.45, 2.75) is 37.5 Å². The van der Waals surface area contributed by atoms with E-state index in [4.69, 9.17) is 4.74 Å². The fourth-order valence-electron chi connectivity index (χ4n) is 5.16. The molecule has 1 spiro atoms. The van der Waals surface area contributed by atoms with Crippen LogP contribution in [0.15, 0.2) is 36.4 Å². The van der Waals surface area contributed by atoms with Crippen LogP contribution >= 0.6 is 0 Å². The molecular weight excluding hydrogens is 493 g/mol. The molecule has 12 heteroatoms. The second-order valence-corrected chi connectivity index (χ2v) is 9.15. The average Bonchev–Trinajstić information content (AvgIpc) is 3.34. The van der Waals surface area contributed by atoms with Gasteiger partial charge < -0.3 is 20.3 Å². The van der Waals surface area contributed by atoms with Crippen LogP contribution in [0, 0.1) is 0 Å². The Labute approximate surface area is 209 Å². The van der Waals surface area contributed by atoms with Gasteiger partial charge in [-0.15, -0.1) is 0 Å². The summed E-state index contributed by atoms with van der Waals surface area (Å²) in [6, 6.07) is 7.72. The first-order chi connectivity index (χ1) is 17.5. The molecule has 0 saturated carbocycles. The Morgan fingerprint density at radius 3 is 2.59 bits per heavy atom. The van der Waals surface area contributed by atoms with Crippen LogP contribution in [0.1, 0.15) is 35.1 Å². The largest absolute Gasteiger partial charge is 0.427 e. The van der Waals surface area contributed by atoms with Crippen LogP contribution < -0.4 is 15.5 Å². The summed E-state index contributed by atoms with van der Waals surface area (Å²) in [5.74, 6) is -1.37. The molecule has 2 N–H and O–H groups in total. The maximum Gasteiger partial charge on any atom is 0.418 e. The number of urea groups is 1. The molecule has 2 aliphatic heterocycles. The second-order valence-electron chi connectivity index (χ2n) is 9.15. The Balaban J connectivity index is 1.37. The van der Waals surface area contributed by atoms with Crippen molar-refractivity contribution in [3.63, 3.8) is 0 Å². The number of rotatable bonds is 3. The van der Waals surface area contributed by atoms with Crippen LogP contribution in [0.4, 0.5) is 34.1 Å². The monoisotopic (exact) mass is 516 g/mol. The minimum Gasteiger partial charge on any atom is -0.427 e. The van der Waals surface area contributed by atoms with Crippen molar-refractivity contribution in [1.82, 2.24) is 10.2 Å². The van der Waals surface area contributed by atoms with E-state index in [2.05, 4.69) is 10.6 Å². The van der Waals surface area contributed by atoms with Crippen molar-refractivity contribution < 1.29 is 37.1 Å². The van der Waals surface area contributed by atoms with E-state index in [-0.39, 0.29) is 18.7 Å². The minimum absolute atomic E-state index is 0.128. The lowest BCUT2D eigenvalue weighted by Gasteiger charge is -2.31. The Morgan fingerprint density at radius 1 is 1.08 bits per heavy atom. The Kier molecular flexibility index (Phi) is 5.84. The highest BCUT2D eigenvalue weighted by Crippen LogP contribution is 2.46. The van der Waals surface area contributed by atoms with Gasteiger partial charge in [0.15, 0.2) is 0 Å². The average molecular weight is 516 g/mol. The number of halogens is 3. The highest BCUT2D eigenvalue weighted by atomic mass is 19.4. The van der Waals surface area contributed by atoms with Crippen LogP contribution in [-0.4, -0.2) is 49.0 Å². The minimum atomic E-state index is -4.58. The smallest absolute Gasteiger partial charge is 0.418 e. The number of nitrogens with zero attached hydrogens (tertiary/aromatic N) is 2. The Hall–Kier alpha value is -4.09. The van der Waals surface area contributed by atoms with Crippen LogP contribution in [0.5, 0.6) is 0 Å². The zero-order valence-electron chi connectivity index (χ0n) is 19.8. The Morgan fingerprint density at radius 2 is 1.86 bits per heavy atom. The van der Waals surface area contributed by atoms with Gasteiger partial charge in [0.1, 0.15) is 6.54 Å². The summed E-state index contributed by atoms with van der Waals surface area (Å²) in [7, 11) is 1.47. The van der Waals surface area contributed by atoms with Crippen LogP contribution in [0.25, 0.3) is 0 Å². The number of hydrogen-bond acceptors (Lipinski definition) is 5. The number of ether oxygens (including phenoxy) is 1. The van der Waals surface area contributed by atoms with E-state index in [0.29, 0.717) is 41.6 Å². The number of alkyl halides is 3. The number of carbonyl (C=O) groups is 4. The van der Waals surface area contributed by atoms with Crippen molar-refractivity contribution >= 4 is 35.3 Å². The van der Waals surface area contributed by atoms with E-state index in [1.54, 1.807) is 18.2 Å². The van der Waals surface area contributed by atoms with Gasteiger partial charge >= 0.3 is 18.3 Å². The molecule has 0 radical (unpaired) electrons. The number of aryl methyl sites for hydroxylation is 2. The standard InChI is InChI=1S/C25H23F3N4O5/c1-29-22(35)30-17-6-7-18-15(11-17)8-9-24(18)21(34)32(23(36)37-24)13-20(33)31-10-2-3-14-4-5-16(12-19(14)31)25(26,27)28/h4-7,11-12H,2-3,8-10,13H2,1H3,(H2,29,30,35)/t24-/m1/s1. The van der Waals surface area contributed by atoms with Gasteiger partial charge in [0.25, 0.3) is 5.91 Å². The van der Waals surface area contributed by atoms with Crippen LogP contribution in [0.3, 0.4) is 0 Å². The van der Waals surface area contributed by atoms with E-state index >= 15 is 0 Å². The predicted molar refractivity (Wildman–Crippen MR) is 125 cm³/mol. The molecule has 5 amide bonds. The molecule has 0 bridgehead atoms. The molecule has 2 aromatic rings. The van der Waals surface area contributed by atoms with Crippen LogP contribution in [0.2, 0.25) is 0 Å². The quantitative estimate of drug-likeness (QED) is 0.649. The fourth-order valence-corrected chi connectivity index (χ4v) is 5.16. The molecule has 1 fully saturated rings. The molecule has 2 heterocycles. The Bertz CT molecular complexity index is 1330. The highest BCUT2D eigenvalue weighted by molar-refractivity contribution is 6.08. The molecule has 1 aliphatic carbocycles. The molecule has 1 atom stereocenters. The first kappa shape index (κ1) is 24.6. The summed E-state index contributed by atoms with van der Waals surface area (Å²) in [5, 5.41) is 5.08. The zero-order valence-corrected chi connectivity index (χ0v) is 19.8. The highest BCUT2D eigenvalue weighted by Gasteiger charge is 2.58. The van der Waals surface area contributed by atoms with Crippen molar-refractivity contribution in [2.24, 2.45) is 0 Å². The molecule has 2 aromatic carbocycles. The lowest BCUT2D eigenvalue weighted by Crippen LogP contribution is -2.46. The molecule has 9 nitrogen and oxygen atoms in total. The predicted octanol–water partition coefficient (Wildman–Crippen LogP) is 3.56. The van der Waals surface area contributed by atoms with E-state index < -0.39 is 47.8 Å². The van der Waals surface area contributed by atoms with Crippen LogP contribution in [-0.2, 0) is 38.9 Å². The summed E-state index contributed by atoms with van der Waals surface area (Å²) in [5.41, 5.74) is -0.0559. The van der Waals surface area contributed by atoms with Gasteiger partial charge in [0.2, 0.25) is 11.5 Å². The zero-order chi connectivity index (χ0) is 26.5. The number of hydrogen-bond donors (Lipinski definition) is 2. The lowest BCUT2D eigenvalue weighted by molar-refractivity contribution is -0.139. The molecule has 0 unspecified atom stereocenters. The van der Waals surface area contributed by atoms with E-state index in [1.165, 1.54) is 18.0 Å². The molecule has 1 saturated heterocycles. The molecular formula is C25H23F3N4O5. The number of anilines is 2. The SMILES string of the molecule is CNC(=O)Nc1ccc2c(c1)CC[C@@]21OC(=O)N(CC(=O)N2CCCc3ccc(C(F)(F)F)cc32)C1=O. The van der Waals surface area contributed by atoms with E-state index in [9.17, 15) is 32.3 Å². The van der Waals surface area contributed by atoms with E-state index in [0.717, 1.165) is 17.0 Å². The van der Waals surface area contributed by atoms with Gasteiger partial charge in [-0.2, -0.15) is 13.2 Å². The first-order valence-electron chi connectivity index (χ1n) is 11.7. The van der Waals surface area contributed by atoms with Gasteiger partial charge in [-0.05, 0) is 54.7 Å². The van der Waals surface area contributed by atoms with Gasteiger partial charge in [0, 0.05) is 37.0 Å². The third kappa shape index (κ3) is 4.15. The molecule has 194 valence electrons. The second kappa shape index (κ2) is 8.79. The summed E-state index contributed by atoms with van der Waals surface area (Å²) < 4.78 is 45.4. The van der Waals surface area contributed by atoms with Gasteiger partial charge in [-0.3, -0.25) is 9.59 Å². The third-order valence-electron chi connectivity index (χ3n) is 6.97. The number of benzene rings is 2. The normalized spacial score (nSPS) is 20.5.